The van der Waals surface area contributed by atoms with E-state index in [0.717, 1.165) is 44.3 Å². The van der Waals surface area contributed by atoms with Gasteiger partial charge in [-0.2, -0.15) is 0 Å². The number of hydrogen-bond donors (Lipinski definition) is 2. The zero-order valence-corrected chi connectivity index (χ0v) is 20.9. The first-order chi connectivity index (χ1) is 17.6. The molecule has 0 aliphatic carbocycles. The molecule has 0 aromatic heterocycles. The number of nitrogens with one attached hydrogen (secondary N) is 2. The molecular formula is C30H35FN2O3. The van der Waals surface area contributed by atoms with Crippen molar-refractivity contribution in [3.05, 3.63) is 89.2 Å². The van der Waals surface area contributed by atoms with Gasteiger partial charge < -0.3 is 20.1 Å². The Morgan fingerprint density at radius 1 is 1.00 bits per heavy atom. The van der Waals surface area contributed by atoms with Crippen molar-refractivity contribution in [1.82, 2.24) is 10.6 Å². The molecule has 0 radical (unpaired) electrons. The van der Waals surface area contributed by atoms with Crippen LogP contribution in [0.1, 0.15) is 40.7 Å². The smallest absolute Gasteiger partial charge is 0.251 e. The number of rotatable bonds is 11. The molecule has 1 atom stereocenters. The molecule has 4 rings (SSSR count). The highest BCUT2D eigenvalue weighted by Gasteiger charge is 2.19. The largest absolute Gasteiger partial charge is 0.493 e. The van der Waals surface area contributed by atoms with Crippen molar-refractivity contribution in [1.29, 1.82) is 0 Å². The molecule has 0 spiro atoms. The molecule has 190 valence electrons. The molecule has 3 aromatic carbocycles. The molecule has 0 saturated carbocycles. The van der Waals surface area contributed by atoms with Crippen LogP contribution in [0.15, 0.2) is 66.7 Å². The quantitative estimate of drug-likeness (QED) is 0.364. The fourth-order valence-electron chi connectivity index (χ4n) is 4.50. The summed E-state index contributed by atoms with van der Waals surface area (Å²) >= 11 is 0. The van der Waals surface area contributed by atoms with Crippen molar-refractivity contribution in [3.63, 3.8) is 0 Å². The van der Waals surface area contributed by atoms with Crippen molar-refractivity contribution < 1.29 is 18.7 Å². The maximum Gasteiger partial charge on any atom is 0.251 e. The number of piperidine rings is 1. The van der Waals surface area contributed by atoms with Crippen LogP contribution in [0.2, 0.25) is 0 Å². The van der Waals surface area contributed by atoms with E-state index in [1.807, 2.05) is 30.3 Å². The van der Waals surface area contributed by atoms with Crippen LogP contribution in [0.3, 0.4) is 0 Å². The van der Waals surface area contributed by atoms with Crippen LogP contribution >= 0.6 is 0 Å². The van der Waals surface area contributed by atoms with Gasteiger partial charge in [0.15, 0.2) is 0 Å². The minimum Gasteiger partial charge on any atom is -0.493 e. The molecule has 1 unspecified atom stereocenters. The summed E-state index contributed by atoms with van der Waals surface area (Å²) in [7, 11) is 1.65. The Kier molecular flexibility index (Phi) is 9.47. The normalized spacial score (nSPS) is 15.4. The average Bonchev–Trinajstić information content (AvgIpc) is 2.92. The highest BCUT2D eigenvalue weighted by atomic mass is 19.1. The van der Waals surface area contributed by atoms with Crippen LogP contribution < -0.4 is 15.4 Å². The Labute approximate surface area is 213 Å². The van der Waals surface area contributed by atoms with Gasteiger partial charge in [-0.15, -0.1) is 0 Å². The molecule has 1 fully saturated rings. The monoisotopic (exact) mass is 490 g/mol. The van der Waals surface area contributed by atoms with Crippen LogP contribution in [0, 0.1) is 5.82 Å². The van der Waals surface area contributed by atoms with Crippen molar-refractivity contribution >= 4 is 5.91 Å². The lowest BCUT2D eigenvalue weighted by Gasteiger charge is -2.24. The second-order valence-electron chi connectivity index (χ2n) is 9.22. The molecule has 1 amide bonds. The maximum atomic E-state index is 15.0. The van der Waals surface area contributed by atoms with Crippen LogP contribution in [-0.4, -0.2) is 45.4 Å². The van der Waals surface area contributed by atoms with E-state index >= 15 is 4.39 Å². The summed E-state index contributed by atoms with van der Waals surface area (Å²) in [4.78, 5) is 12.9. The lowest BCUT2D eigenvalue weighted by Crippen LogP contribution is -2.45. The minimum absolute atomic E-state index is 0.107. The van der Waals surface area contributed by atoms with Crippen molar-refractivity contribution in [2.45, 2.75) is 38.1 Å². The van der Waals surface area contributed by atoms with Gasteiger partial charge in [-0.05, 0) is 73.7 Å². The zero-order valence-electron chi connectivity index (χ0n) is 20.9. The maximum absolute atomic E-state index is 15.0. The van der Waals surface area contributed by atoms with E-state index < -0.39 is 0 Å². The fraction of sp³-hybridized carbons (Fsp3) is 0.367. The average molecular weight is 491 g/mol. The summed E-state index contributed by atoms with van der Waals surface area (Å²) in [5.74, 6) is 0.0411. The third-order valence-corrected chi connectivity index (χ3v) is 6.49. The molecule has 1 heterocycles. The summed E-state index contributed by atoms with van der Waals surface area (Å²) in [6.45, 7) is 2.73. The molecule has 0 bridgehead atoms. The second-order valence-corrected chi connectivity index (χ2v) is 9.22. The highest BCUT2D eigenvalue weighted by Crippen LogP contribution is 2.34. The minimum atomic E-state index is -0.314. The van der Waals surface area contributed by atoms with Gasteiger partial charge in [-0.3, -0.25) is 4.79 Å². The van der Waals surface area contributed by atoms with Crippen molar-refractivity contribution in [2.24, 2.45) is 0 Å². The highest BCUT2D eigenvalue weighted by molar-refractivity contribution is 5.95. The Bertz CT molecular complexity index is 1130. The van der Waals surface area contributed by atoms with E-state index in [1.165, 1.54) is 11.6 Å². The number of ether oxygens (including phenoxy) is 2. The number of aryl methyl sites for hydroxylation is 2. The van der Waals surface area contributed by atoms with E-state index in [9.17, 15) is 4.79 Å². The standard InChI is InChI=1S/C30H35FN2O3/c1-35-17-6-18-36-29-20-24(30(34)33-25-9-5-16-32-21-25)13-14-26(29)27-19-23(12-15-28(27)31)11-10-22-7-3-2-4-8-22/h2-4,7-8,12-15,19-20,25,32H,5-6,9-11,16-18,21H2,1H3,(H,33,34). The van der Waals surface area contributed by atoms with Crippen molar-refractivity contribution in [2.75, 3.05) is 33.4 Å². The predicted molar refractivity (Wildman–Crippen MR) is 141 cm³/mol. The topological polar surface area (TPSA) is 59.6 Å². The molecule has 3 aromatic rings. The number of hydrogen-bond acceptors (Lipinski definition) is 4. The van der Waals surface area contributed by atoms with E-state index in [0.29, 0.717) is 42.1 Å². The van der Waals surface area contributed by atoms with Gasteiger partial charge >= 0.3 is 0 Å². The van der Waals surface area contributed by atoms with Crippen LogP contribution in [0.5, 0.6) is 5.75 Å². The van der Waals surface area contributed by atoms with Crippen LogP contribution in [0.25, 0.3) is 11.1 Å². The fourth-order valence-corrected chi connectivity index (χ4v) is 4.50. The predicted octanol–water partition coefficient (Wildman–Crippen LogP) is 5.18. The first-order valence-corrected chi connectivity index (χ1v) is 12.7. The van der Waals surface area contributed by atoms with Gasteiger partial charge in [-0.25, -0.2) is 4.39 Å². The first kappa shape index (κ1) is 25.9. The lowest BCUT2D eigenvalue weighted by atomic mass is 9.97. The summed E-state index contributed by atoms with van der Waals surface area (Å²) in [5, 5.41) is 6.41. The molecule has 5 nitrogen and oxygen atoms in total. The molecule has 2 N–H and O–H groups in total. The van der Waals surface area contributed by atoms with Gasteiger partial charge in [0.2, 0.25) is 0 Å². The Morgan fingerprint density at radius 2 is 1.83 bits per heavy atom. The van der Waals surface area contributed by atoms with E-state index in [4.69, 9.17) is 9.47 Å². The molecular weight excluding hydrogens is 455 g/mol. The van der Waals surface area contributed by atoms with Crippen molar-refractivity contribution in [3.8, 4) is 16.9 Å². The second kappa shape index (κ2) is 13.2. The third-order valence-electron chi connectivity index (χ3n) is 6.49. The number of methoxy groups -OCH3 is 1. The number of carbonyl (C=O) groups is 1. The van der Waals surface area contributed by atoms with Gasteiger partial charge in [0.1, 0.15) is 11.6 Å². The third kappa shape index (κ3) is 7.15. The van der Waals surface area contributed by atoms with Gasteiger partial charge in [0.25, 0.3) is 5.91 Å². The van der Waals surface area contributed by atoms with E-state index in [2.05, 4.69) is 22.8 Å². The molecule has 1 aliphatic rings. The number of carbonyl (C=O) groups excluding carboxylic acids is 1. The molecule has 36 heavy (non-hydrogen) atoms. The summed E-state index contributed by atoms with van der Waals surface area (Å²) in [5.41, 5.74) is 3.92. The summed E-state index contributed by atoms with van der Waals surface area (Å²) < 4.78 is 26.2. The van der Waals surface area contributed by atoms with E-state index in [-0.39, 0.29) is 17.8 Å². The summed E-state index contributed by atoms with van der Waals surface area (Å²) in [6, 6.07) is 20.9. The zero-order chi connectivity index (χ0) is 25.2. The molecule has 1 aliphatic heterocycles. The lowest BCUT2D eigenvalue weighted by molar-refractivity contribution is 0.0930. The Morgan fingerprint density at radius 3 is 2.61 bits per heavy atom. The first-order valence-electron chi connectivity index (χ1n) is 12.7. The van der Waals surface area contributed by atoms with Gasteiger partial charge in [0.05, 0.1) is 6.61 Å². The SMILES string of the molecule is COCCCOc1cc(C(=O)NC2CCCNC2)ccc1-c1cc(CCc2ccccc2)ccc1F. The van der Waals surface area contributed by atoms with Gasteiger partial charge in [0, 0.05) is 49.4 Å². The number of amides is 1. The van der Waals surface area contributed by atoms with Crippen LogP contribution in [0.4, 0.5) is 4.39 Å². The molecule has 1 saturated heterocycles. The van der Waals surface area contributed by atoms with Gasteiger partial charge in [-0.1, -0.05) is 36.4 Å². The number of benzene rings is 3. The Hall–Kier alpha value is -3.22. The number of halogens is 1. The summed E-state index contributed by atoms with van der Waals surface area (Å²) in [6.07, 6.45) is 4.37. The van der Waals surface area contributed by atoms with E-state index in [1.54, 1.807) is 25.3 Å². The molecule has 6 heteroatoms. The Balaban J connectivity index is 1.57. The van der Waals surface area contributed by atoms with Crippen LogP contribution in [-0.2, 0) is 17.6 Å².